The highest BCUT2D eigenvalue weighted by atomic mass is 15.2. The molecule has 0 spiro atoms. The fourth-order valence-electron chi connectivity index (χ4n) is 3.63. The van der Waals surface area contributed by atoms with E-state index in [0.717, 1.165) is 31.6 Å². The molecule has 0 heterocycles. The molecule has 2 heteroatoms. The Kier molecular flexibility index (Phi) is 6.53. The van der Waals surface area contributed by atoms with Crippen molar-refractivity contribution in [3.8, 4) is 0 Å². The summed E-state index contributed by atoms with van der Waals surface area (Å²) in [7, 11) is 0. The third-order valence-electron chi connectivity index (χ3n) is 5.27. The number of nitrogens with two attached hydrogens (primary N) is 1. The number of hydrogen-bond acceptors (Lipinski definition) is 2. The van der Waals surface area contributed by atoms with Crippen molar-refractivity contribution in [2.45, 2.75) is 79.7 Å². The first-order valence-electron chi connectivity index (χ1n) is 8.63. The molecule has 0 aliphatic heterocycles. The lowest BCUT2D eigenvalue weighted by Gasteiger charge is -2.37. The van der Waals surface area contributed by atoms with Crippen LogP contribution < -0.4 is 5.73 Å². The van der Waals surface area contributed by atoms with Gasteiger partial charge in [-0.2, -0.15) is 0 Å². The van der Waals surface area contributed by atoms with Crippen LogP contribution in [0.5, 0.6) is 0 Å². The molecule has 0 saturated heterocycles. The highest BCUT2D eigenvalue weighted by Gasteiger charge is 2.31. The Morgan fingerprint density at radius 3 is 2.15 bits per heavy atom. The average Bonchev–Trinajstić information content (AvgIpc) is 2.61. The minimum atomic E-state index is 0.242. The van der Waals surface area contributed by atoms with E-state index < -0.39 is 0 Å². The molecule has 0 amide bonds. The monoisotopic (exact) mass is 282 g/mol. The van der Waals surface area contributed by atoms with E-state index in [-0.39, 0.29) is 5.41 Å². The Balaban J connectivity index is 2.62. The van der Waals surface area contributed by atoms with Gasteiger partial charge >= 0.3 is 0 Å². The van der Waals surface area contributed by atoms with E-state index in [4.69, 9.17) is 5.73 Å². The van der Waals surface area contributed by atoms with Crippen molar-refractivity contribution in [2.24, 2.45) is 22.5 Å². The first-order chi connectivity index (χ1) is 9.19. The standard InChI is InChI=1S/C18H38N2/c1-7-20(14-18(5,6)13-19)16-10-8-9-15(11-12-16)17(2,3)4/h15-16H,7-14,19H2,1-6H3. The second kappa shape index (κ2) is 7.26. The second-order valence-corrected chi connectivity index (χ2v) is 8.66. The number of nitrogens with zero attached hydrogens (tertiary/aromatic N) is 1. The third-order valence-corrected chi connectivity index (χ3v) is 5.27. The van der Waals surface area contributed by atoms with E-state index in [1.165, 1.54) is 32.1 Å². The predicted octanol–water partition coefficient (Wildman–Crippen LogP) is 4.29. The molecule has 2 unspecified atom stereocenters. The Morgan fingerprint density at radius 2 is 1.65 bits per heavy atom. The summed E-state index contributed by atoms with van der Waals surface area (Å²) >= 11 is 0. The van der Waals surface area contributed by atoms with Gasteiger partial charge in [0.2, 0.25) is 0 Å². The van der Waals surface area contributed by atoms with Crippen molar-refractivity contribution >= 4 is 0 Å². The molecule has 0 radical (unpaired) electrons. The molecule has 20 heavy (non-hydrogen) atoms. The molecule has 0 aromatic rings. The van der Waals surface area contributed by atoms with E-state index in [9.17, 15) is 0 Å². The maximum Gasteiger partial charge on any atom is 0.00954 e. The van der Waals surface area contributed by atoms with Crippen LogP contribution in [0, 0.1) is 16.7 Å². The molecule has 0 aromatic heterocycles. The van der Waals surface area contributed by atoms with Gasteiger partial charge in [0.15, 0.2) is 0 Å². The Morgan fingerprint density at radius 1 is 1.00 bits per heavy atom. The van der Waals surface area contributed by atoms with Gasteiger partial charge in [0.1, 0.15) is 0 Å². The molecule has 0 aromatic carbocycles. The molecule has 1 fully saturated rings. The van der Waals surface area contributed by atoms with Crippen LogP contribution >= 0.6 is 0 Å². The molecule has 120 valence electrons. The lowest BCUT2D eigenvalue weighted by Crippen LogP contribution is -2.44. The fraction of sp³-hybridized carbons (Fsp3) is 1.00. The highest BCUT2D eigenvalue weighted by molar-refractivity contribution is 4.84. The lowest BCUT2D eigenvalue weighted by atomic mass is 9.76. The zero-order valence-electron chi connectivity index (χ0n) is 14.8. The number of rotatable bonds is 5. The SMILES string of the molecule is CCN(CC(C)(C)CN)C1CCCC(C(C)(C)C)CC1. The summed E-state index contributed by atoms with van der Waals surface area (Å²) in [6.07, 6.45) is 6.95. The lowest BCUT2D eigenvalue weighted by molar-refractivity contribution is 0.124. The van der Waals surface area contributed by atoms with Gasteiger partial charge in [-0.3, -0.25) is 0 Å². The van der Waals surface area contributed by atoms with Crippen LogP contribution in [0.25, 0.3) is 0 Å². The zero-order valence-corrected chi connectivity index (χ0v) is 14.8. The van der Waals surface area contributed by atoms with Crippen LogP contribution in [0.3, 0.4) is 0 Å². The maximum atomic E-state index is 5.92. The minimum Gasteiger partial charge on any atom is -0.330 e. The minimum absolute atomic E-state index is 0.242. The van der Waals surface area contributed by atoms with Crippen molar-refractivity contribution in [2.75, 3.05) is 19.6 Å². The van der Waals surface area contributed by atoms with Crippen LogP contribution in [-0.2, 0) is 0 Å². The molecule has 2 N–H and O–H groups in total. The Hall–Kier alpha value is -0.0800. The first kappa shape index (κ1) is 18.0. The molecule has 2 nitrogen and oxygen atoms in total. The molecule has 1 aliphatic rings. The molecule has 0 bridgehead atoms. The van der Waals surface area contributed by atoms with Gasteiger partial charge in [0, 0.05) is 12.6 Å². The van der Waals surface area contributed by atoms with Gasteiger partial charge in [-0.25, -0.2) is 0 Å². The molecule has 1 rings (SSSR count). The van der Waals surface area contributed by atoms with Crippen LogP contribution in [0.4, 0.5) is 0 Å². The third kappa shape index (κ3) is 5.37. The van der Waals surface area contributed by atoms with Crippen LogP contribution in [0.1, 0.15) is 73.6 Å². The van der Waals surface area contributed by atoms with Crippen LogP contribution in [0.15, 0.2) is 0 Å². The molecular formula is C18H38N2. The summed E-state index contributed by atoms with van der Waals surface area (Å²) in [4.78, 5) is 2.69. The van der Waals surface area contributed by atoms with E-state index in [2.05, 4.69) is 46.4 Å². The van der Waals surface area contributed by atoms with Crippen molar-refractivity contribution in [3.63, 3.8) is 0 Å². The van der Waals surface area contributed by atoms with Crippen molar-refractivity contribution in [1.29, 1.82) is 0 Å². The van der Waals surface area contributed by atoms with Crippen molar-refractivity contribution in [1.82, 2.24) is 4.90 Å². The van der Waals surface area contributed by atoms with E-state index >= 15 is 0 Å². The second-order valence-electron chi connectivity index (χ2n) is 8.66. The Bertz CT molecular complexity index is 278. The van der Waals surface area contributed by atoms with E-state index in [0.29, 0.717) is 5.41 Å². The summed E-state index contributed by atoms with van der Waals surface area (Å²) in [5, 5.41) is 0. The Labute approximate surface area is 127 Å². The zero-order chi connectivity index (χ0) is 15.4. The van der Waals surface area contributed by atoms with E-state index in [1.54, 1.807) is 0 Å². The summed E-state index contributed by atoms with van der Waals surface area (Å²) < 4.78 is 0. The predicted molar refractivity (Wildman–Crippen MR) is 89.9 cm³/mol. The van der Waals surface area contributed by atoms with Crippen molar-refractivity contribution in [3.05, 3.63) is 0 Å². The summed E-state index contributed by atoms with van der Waals surface area (Å²) in [6, 6.07) is 0.776. The van der Waals surface area contributed by atoms with Gasteiger partial charge in [-0.05, 0) is 55.5 Å². The molecule has 2 atom stereocenters. The average molecular weight is 283 g/mol. The molecule has 1 aliphatic carbocycles. The highest BCUT2D eigenvalue weighted by Crippen LogP contribution is 2.38. The van der Waals surface area contributed by atoms with Crippen LogP contribution in [-0.4, -0.2) is 30.6 Å². The van der Waals surface area contributed by atoms with Gasteiger partial charge in [0.05, 0.1) is 0 Å². The van der Waals surface area contributed by atoms with E-state index in [1.807, 2.05) is 0 Å². The first-order valence-corrected chi connectivity index (χ1v) is 8.63. The van der Waals surface area contributed by atoms with Crippen molar-refractivity contribution < 1.29 is 0 Å². The van der Waals surface area contributed by atoms with Crippen LogP contribution in [0.2, 0.25) is 0 Å². The fourth-order valence-corrected chi connectivity index (χ4v) is 3.63. The summed E-state index contributed by atoms with van der Waals surface area (Å²) in [5.74, 6) is 0.897. The molecule has 1 saturated carbocycles. The van der Waals surface area contributed by atoms with Gasteiger partial charge < -0.3 is 10.6 Å². The smallest absolute Gasteiger partial charge is 0.00954 e. The number of hydrogen-bond donors (Lipinski definition) is 1. The topological polar surface area (TPSA) is 29.3 Å². The van der Waals surface area contributed by atoms with Gasteiger partial charge in [0.25, 0.3) is 0 Å². The summed E-state index contributed by atoms with van der Waals surface area (Å²) in [5.41, 5.74) is 6.64. The quantitative estimate of drug-likeness (QED) is 0.762. The largest absolute Gasteiger partial charge is 0.330 e. The maximum absolute atomic E-state index is 5.92. The normalized spacial score (nSPS) is 25.8. The van der Waals surface area contributed by atoms with Gasteiger partial charge in [-0.1, -0.05) is 48.0 Å². The summed E-state index contributed by atoms with van der Waals surface area (Å²) in [6.45, 7) is 17.2. The van der Waals surface area contributed by atoms with Gasteiger partial charge in [-0.15, -0.1) is 0 Å². The molecular weight excluding hydrogens is 244 g/mol.